The monoisotopic (exact) mass is 145 g/mol. The smallest absolute Gasteiger partial charge is 0.408 e. The average molecular weight is 145 g/mol. The number of amides is 1. The summed E-state index contributed by atoms with van der Waals surface area (Å²) in [5, 5.41) is 11.5. The lowest BCUT2D eigenvalue weighted by molar-refractivity contribution is -0.106. The summed E-state index contributed by atoms with van der Waals surface area (Å²) < 4.78 is 9.46. The highest BCUT2D eigenvalue weighted by atomic mass is 16.7. The molecule has 5 heteroatoms. The van der Waals surface area contributed by atoms with Gasteiger partial charge < -0.3 is 19.9 Å². The van der Waals surface area contributed by atoms with Crippen LogP contribution in [0.1, 0.15) is 0 Å². The molecule has 56 valence electrons. The molecule has 10 heavy (non-hydrogen) atoms. The van der Waals surface area contributed by atoms with E-state index in [0.29, 0.717) is 6.61 Å². The van der Waals surface area contributed by atoms with Crippen molar-refractivity contribution in [3.8, 4) is 0 Å². The molecular formula is C5H7NO4. The predicted octanol–water partition coefficient (Wildman–Crippen LogP) is -1.19. The average Bonchev–Trinajstić information content (AvgIpc) is 2.35. The first-order valence-corrected chi connectivity index (χ1v) is 3.04. The summed E-state index contributed by atoms with van der Waals surface area (Å²) in [7, 11) is 0. The first-order chi connectivity index (χ1) is 4.77. The molecule has 0 aromatic carbocycles. The summed E-state index contributed by atoms with van der Waals surface area (Å²) in [5.74, 6) is 0. The molecule has 2 rings (SSSR count). The highest BCUT2D eigenvalue weighted by molar-refractivity contribution is 5.70. The number of nitrogens with one attached hydrogen (secondary N) is 1. The van der Waals surface area contributed by atoms with E-state index in [4.69, 9.17) is 9.84 Å². The molecule has 2 fully saturated rings. The quantitative estimate of drug-likeness (QED) is 0.450. The van der Waals surface area contributed by atoms with Crippen LogP contribution in [0.4, 0.5) is 4.79 Å². The molecule has 0 aromatic rings. The van der Waals surface area contributed by atoms with Crippen LogP contribution in [0.25, 0.3) is 0 Å². The second kappa shape index (κ2) is 1.83. The highest BCUT2D eigenvalue weighted by Gasteiger charge is 2.45. The van der Waals surface area contributed by atoms with Crippen LogP contribution in [0.2, 0.25) is 0 Å². The van der Waals surface area contributed by atoms with E-state index in [9.17, 15) is 4.79 Å². The van der Waals surface area contributed by atoms with Crippen molar-refractivity contribution < 1.29 is 19.4 Å². The molecule has 0 bridgehead atoms. The Bertz CT molecular complexity index is 171. The van der Waals surface area contributed by atoms with Crippen LogP contribution in [0.3, 0.4) is 0 Å². The molecule has 3 atom stereocenters. The van der Waals surface area contributed by atoms with Gasteiger partial charge in [-0.15, -0.1) is 0 Å². The Balaban J connectivity index is 2.12. The van der Waals surface area contributed by atoms with Gasteiger partial charge in [-0.05, 0) is 0 Å². The maximum atomic E-state index is 10.5. The van der Waals surface area contributed by atoms with Gasteiger partial charge in [0.1, 0.15) is 0 Å². The fraction of sp³-hybridized carbons (Fsp3) is 0.800. The maximum Gasteiger partial charge on any atom is 0.408 e. The van der Waals surface area contributed by atoms with Crippen LogP contribution >= 0.6 is 0 Å². The molecule has 2 heterocycles. The standard InChI is InChI=1S/C5H7NO4/c7-4-3-2(1-9-4)6-5(8)10-3/h2-4,7H,1H2,(H,6,8)/t2-,3-,4-/m1/s1. The lowest BCUT2D eigenvalue weighted by atomic mass is 10.2. The molecule has 2 aliphatic heterocycles. The lowest BCUT2D eigenvalue weighted by Gasteiger charge is -2.06. The number of aliphatic hydroxyl groups is 1. The Morgan fingerprint density at radius 1 is 1.70 bits per heavy atom. The molecule has 5 nitrogen and oxygen atoms in total. The normalized spacial score (nSPS) is 44.5. The Morgan fingerprint density at radius 2 is 2.50 bits per heavy atom. The Hall–Kier alpha value is -0.810. The van der Waals surface area contributed by atoms with Crippen molar-refractivity contribution in [3.63, 3.8) is 0 Å². The Labute approximate surface area is 56.9 Å². The summed E-state index contributed by atoms with van der Waals surface area (Å²) in [6.45, 7) is 0.331. The second-order valence-electron chi connectivity index (χ2n) is 2.34. The summed E-state index contributed by atoms with van der Waals surface area (Å²) in [6, 6.07) is -0.164. The molecule has 0 spiro atoms. The zero-order valence-corrected chi connectivity index (χ0v) is 5.11. The molecule has 2 saturated heterocycles. The third kappa shape index (κ3) is 0.676. The van der Waals surface area contributed by atoms with Gasteiger partial charge in [0.05, 0.1) is 12.6 Å². The number of aliphatic hydroxyl groups excluding tert-OH is 1. The fourth-order valence-electron chi connectivity index (χ4n) is 1.16. The topological polar surface area (TPSA) is 67.8 Å². The molecule has 2 aliphatic rings. The third-order valence-electron chi connectivity index (χ3n) is 1.67. The van der Waals surface area contributed by atoms with E-state index < -0.39 is 18.5 Å². The number of alkyl carbamates (subject to hydrolysis) is 1. The van der Waals surface area contributed by atoms with Gasteiger partial charge in [0.2, 0.25) is 0 Å². The number of fused-ring (bicyclic) bond motifs is 1. The number of carbonyl (C=O) groups is 1. The molecule has 0 radical (unpaired) electrons. The van der Waals surface area contributed by atoms with Crippen molar-refractivity contribution in [1.29, 1.82) is 0 Å². The second-order valence-corrected chi connectivity index (χ2v) is 2.34. The molecule has 2 N–H and O–H groups in total. The first kappa shape index (κ1) is 5.94. The van der Waals surface area contributed by atoms with Crippen LogP contribution in [0.15, 0.2) is 0 Å². The maximum absolute atomic E-state index is 10.5. The zero-order valence-electron chi connectivity index (χ0n) is 5.11. The minimum absolute atomic E-state index is 0.164. The minimum Gasteiger partial charge on any atom is -0.439 e. The van der Waals surface area contributed by atoms with Gasteiger partial charge in [0.15, 0.2) is 12.4 Å². The van der Waals surface area contributed by atoms with E-state index in [2.05, 4.69) is 10.1 Å². The van der Waals surface area contributed by atoms with Gasteiger partial charge in [-0.25, -0.2) is 4.79 Å². The van der Waals surface area contributed by atoms with Gasteiger partial charge in [-0.2, -0.15) is 0 Å². The molecule has 0 aromatic heterocycles. The molecule has 1 amide bonds. The number of rotatable bonds is 0. The summed E-state index contributed by atoms with van der Waals surface area (Å²) in [5.41, 5.74) is 0. The van der Waals surface area contributed by atoms with E-state index in [0.717, 1.165) is 0 Å². The SMILES string of the molecule is O=C1N[C@@H]2CO[C@@H](O)[C@@H]2O1. The Kier molecular flexibility index (Phi) is 1.09. The van der Waals surface area contributed by atoms with Crippen LogP contribution in [-0.4, -0.2) is 36.2 Å². The Morgan fingerprint density at radius 3 is 3.20 bits per heavy atom. The van der Waals surface area contributed by atoms with Gasteiger partial charge in [-0.1, -0.05) is 0 Å². The minimum atomic E-state index is -0.955. The predicted molar refractivity (Wildman–Crippen MR) is 29.2 cm³/mol. The van der Waals surface area contributed by atoms with Crippen molar-refractivity contribution in [2.45, 2.75) is 18.4 Å². The van der Waals surface area contributed by atoms with Crippen LogP contribution in [0.5, 0.6) is 0 Å². The van der Waals surface area contributed by atoms with Crippen LogP contribution in [-0.2, 0) is 9.47 Å². The van der Waals surface area contributed by atoms with Gasteiger partial charge in [0, 0.05) is 0 Å². The fourth-order valence-corrected chi connectivity index (χ4v) is 1.16. The third-order valence-corrected chi connectivity index (χ3v) is 1.67. The summed E-state index contributed by atoms with van der Waals surface area (Å²) in [4.78, 5) is 10.5. The van der Waals surface area contributed by atoms with Crippen LogP contribution < -0.4 is 5.32 Å². The van der Waals surface area contributed by atoms with Crippen LogP contribution in [0, 0.1) is 0 Å². The summed E-state index contributed by atoms with van der Waals surface area (Å²) in [6.07, 6.45) is -1.94. The van der Waals surface area contributed by atoms with E-state index in [1.807, 2.05) is 0 Å². The van der Waals surface area contributed by atoms with E-state index in [-0.39, 0.29) is 6.04 Å². The van der Waals surface area contributed by atoms with E-state index >= 15 is 0 Å². The van der Waals surface area contributed by atoms with E-state index in [1.54, 1.807) is 0 Å². The molecule has 0 unspecified atom stereocenters. The van der Waals surface area contributed by atoms with Crippen molar-refractivity contribution in [2.75, 3.05) is 6.61 Å². The van der Waals surface area contributed by atoms with Crippen molar-refractivity contribution >= 4 is 6.09 Å². The van der Waals surface area contributed by atoms with Gasteiger partial charge in [-0.3, -0.25) is 0 Å². The lowest BCUT2D eigenvalue weighted by Crippen LogP contribution is -2.32. The number of hydrogen-bond donors (Lipinski definition) is 2. The first-order valence-electron chi connectivity index (χ1n) is 3.04. The van der Waals surface area contributed by atoms with Crippen molar-refractivity contribution in [3.05, 3.63) is 0 Å². The van der Waals surface area contributed by atoms with Crippen molar-refractivity contribution in [2.24, 2.45) is 0 Å². The van der Waals surface area contributed by atoms with Gasteiger partial charge in [0.25, 0.3) is 0 Å². The van der Waals surface area contributed by atoms with Gasteiger partial charge >= 0.3 is 6.09 Å². The zero-order chi connectivity index (χ0) is 7.14. The van der Waals surface area contributed by atoms with Crippen molar-refractivity contribution in [1.82, 2.24) is 5.32 Å². The largest absolute Gasteiger partial charge is 0.439 e. The number of hydrogen-bond acceptors (Lipinski definition) is 4. The summed E-state index contributed by atoms with van der Waals surface area (Å²) >= 11 is 0. The number of carbonyl (C=O) groups excluding carboxylic acids is 1. The molecule has 0 saturated carbocycles. The molecule has 0 aliphatic carbocycles. The molecular weight excluding hydrogens is 138 g/mol. The van der Waals surface area contributed by atoms with E-state index in [1.165, 1.54) is 0 Å². The number of ether oxygens (including phenoxy) is 2. The highest BCUT2D eigenvalue weighted by Crippen LogP contribution is 2.20.